The van der Waals surface area contributed by atoms with Crippen LogP contribution in [0, 0.1) is 0 Å². The molecule has 1 amide bonds. The van der Waals surface area contributed by atoms with Gasteiger partial charge in [0, 0.05) is 0 Å². The van der Waals surface area contributed by atoms with E-state index in [0.29, 0.717) is 5.71 Å². The van der Waals surface area contributed by atoms with Crippen molar-refractivity contribution < 1.29 is 4.79 Å². The van der Waals surface area contributed by atoms with E-state index in [9.17, 15) is 4.79 Å². The highest BCUT2D eigenvalue weighted by atomic mass is 16.2. The zero-order valence-electron chi connectivity index (χ0n) is 11.1. The van der Waals surface area contributed by atoms with Gasteiger partial charge in [-0.2, -0.15) is 10.2 Å². The van der Waals surface area contributed by atoms with Crippen molar-refractivity contribution in [1.29, 1.82) is 0 Å². The maximum absolute atomic E-state index is 11.6. The van der Waals surface area contributed by atoms with Crippen LogP contribution in [0.5, 0.6) is 0 Å². The van der Waals surface area contributed by atoms with E-state index in [-0.39, 0.29) is 12.5 Å². The Bertz CT molecular complexity index is 602. The molecule has 20 heavy (non-hydrogen) atoms. The highest BCUT2D eigenvalue weighted by Crippen LogP contribution is 2.00. The number of hydrogen-bond donors (Lipinski definition) is 1. The van der Waals surface area contributed by atoms with Gasteiger partial charge in [0.1, 0.15) is 19.2 Å². The molecule has 1 heterocycles. The van der Waals surface area contributed by atoms with E-state index in [1.165, 1.54) is 17.3 Å². The van der Waals surface area contributed by atoms with Gasteiger partial charge in [0.25, 0.3) is 5.91 Å². The van der Waals surface area contributed by atoms with Crippen LogP contribution >= 0.6 is 0 Å². The summed E-state index contributed by atoms with van der Waals surface area (Å²) in [5, 5.41) is 7.83. The lowest BCUT2D eigenvalue weighted by Crippen LogP contribution is -2.24. The third kappa shape index (κ3) is 4.49. The number of benzene rings is 1. The first-order chi connectivity index (χ1) is 9.74. The van der Waals surface area contributed by atoms with Crippen molar-refractivity contribution in [2.45, 2.75) is 13.5 Å². The normalized spacial score (nSPS) is 11.8. The summed E-state index contributed by atoms with van der Waals surface area (Å²) in [5.41, 5.74) is 4.25. The summed E-state index contributed by atoms with van der Waals surface area (Å²) >= 11 is 0. The molecule has 0 aliphatic rings. The summed E-state index contributed by atoms with van der Waals surface area (Å²) in [6.45, 7) is 1.91. The number of amides is 1. The molecule has 0 radical (unpaired) electrons. The largest absolute Gasteiger partial charge is 0.271 e. The van der Waals surface area contributed by atoms with Gasteiger partial charge < -0.3 is 0 Å². The van der Waals surface area contributed by atoms with Crippen LogP contribution in [0.1, 0.15) is 12.5 Å². The van der Waals surface area contributed by atoms with Gasteiger partial charge >= 0.3 is 0 Å². The molecule has 0 saturated carbocycles. The molecule has 0 spiro atoms. The Morgan fingerprint density at radius 2 is 2.20 bits per heavy atom. The van der Waals surface area contributed by atoms with E-state index in [4.69, 9.17) is 0 Å². The molecule has 0 aliphatic heterocycles. The zero-order valence-corrected chi connectivity index (χ0v) is 11.1. The number of carbonyl (C=O) groups is 1. The fourth-order valence-electron chi connectivity index (χ4n) is 1.47. The summed E-state index contributed by atoms with van der Waals surface area (Å²) in [6, 6.07) is 9.88. The minimum Gasteiger partial charge on any atom is -0.271 e. The van der Waals surface area contributed by atoms with Crippen molar-refractivity contribution in [2.75, 3.05) is 0 Å². The molecular weight excluding hydrogens is 254 g/mol. The Labute approximate surface area is 116 Å². The number of rotatable bonds is 5. The van der Waals surface area contributed by atoms with Crippen LogP contribution in [-0.2, 0) is 11.3 Å². The molecule has 102 valence electrons. The summed E-state index contributed by atoms with van der Waals surface area (Å²) in [6.07, 6.45) is 6.63. The average molecular weight is 269 g/mol. The lowest BCUT2D eigenvalue weighted by Gasteiger charge is -2.00. The first-order valence-corrected chi connectivity index (χ1v) is 6.13. The van der Waals surface area contributed by atoms with Gasteiger partial charge in [-0.1, -0.05) is 36.4 Å². The maximum atomic E-state index is 11.6. The summed E-state index contributed by atoms with van der Waals surface area (Å²) in [4.78, 5) is 15.3. The second kappa shape index (κ2) is 6.98. The van der Waals surface area contributed by atoms with Crippen molar-refractivity contribution in [3.63, 3.8) is 0 Å². The summed E-state index contributed by atoms with van der Waals surface area (Å²) < 4.78 is 1.43. The molecule has 0 atom stereocenters. The summed E-state index contributed by atoms with van der Waals surface area (Å²) in [7, 11) is 0. The monoisotopic (exact) mass is 269 g/mol. The minimum atomic E-state index is -0.247. The SMILES string of the molecule is CC(/C=C/c1ccccc1)=N/NC(=O)Cn1cncn1. The second-order valence-electron chi connectivity index (χ2n) is 4.13. The Morgan fingerprint density at radius 1 is 1.40 bits per heavy atom. The summed E-state index contributed by atoms with van der Waals surface area (Å²) in [5.74, 6) is -0.247. The predicted molar refractivity (Wildman–Crippen MR) is 76.7 cm³/mol. The number of hydrazone groups is 1. The fraction of sp³-hybridized carbons (Fsp3) is 0.143. The standard InChI is InChI=1S/C14H15N5O/c1-12(7-8-13-5-3-2-4-6-13)17-18-14(20)9-19-11-15-10-16-19/h2-8,10-11H,9H2,1H3,(H,18,20)/b8-7+,17-12-. The molecular formula is C14H15N5O. The van der Waals surface area contributed by atoms with Crippen molar-refractivity contribution in [2.24, 2.45) is 5.10 Å². The number of carbonyl (C=O) groups excluding carboxylic acids is 1. The molecule has 6 heteroatoms. The van der Waals surface area contributed by atoms with Crippen LogP contribution in [0.4, 0.5) is 0 Å². The third-order valence-electron chi connectivity index (χ3n) is 2.45. The van der Waals surface area contributed by atoms with Crippen LogP contribution in [-0.4, -0.2) is 26.4 Å². The molecule has 6 nitrogen and oxygen atoms in total. The molecule has 0 bridgehead atoms. The van der Waals surface area contributed by atoms with Crippen molar-refractivity contribution in [1.82, 2.24) is 20.2 Å². The molecule has 1 N–H and O–H groups in total. The first kappa shape index (κ1) is 13.7. The van der Waals surface area contributed by atoms with E-state index in [1.54, 1.807) is 0 Å². The van der Waals surface area contributed by atoms with Gasteiger partial charge in [-0.15, -0.1) is 0 Å². The van der Waals surface area contributed by atoms with Gasteiger partial charge in [0.15, 0.2) is 0 Å². The number of nitrogens with one attached hydrogen (secondary N) is 1. The van der Waals surface area contributed by atoms with Crippen LogP contribution < -0.4 is 5.43 Å². The smallest absolute Gasteiger partial charge is 0.261 e. The van der Waals surface area contributed by atoms with Crippen molar-refractivity contribution in [3.8, 4) is 0 Å². The van der Waals surface area contributed by atoms with Crippen LogP contribution in [0.15, 0.2) is 54.2 Å². The topological polar surface area (TPSA) is 72.2 Å². The number of allylic oxidation sites excluding steroid dienone is 1. The van der Waals surface area contributed by atoms with E-state index in [1.807, 2.05) is 49.4 Å². The molecule has 1 aromatic heterocycles. The first-order valence-electron chi connectivity index (χ1n) is 6.13. The quantitative estimate of drug-likeness (QED) is 0.660. The van der Waals surface area contributed by atoms with Crippen LogP contribution in [0.2, 0.25) is 0 Å². The van der Waals surface area contributed by atoms with E-state index >= 15 is 0 Å². The van der Waals surface area contributed by atoms with Crippen LogP contribution in [0.3, 0.4) is 0 Å². The van der Waals surface area contributed by atoms with Gasteiger partial charge in [0.05, 0.1) is 5.71 Å². The zero-order chi connectivity index (χ0) is 14.2. The van der Waals surface area contributed by atoms with E-state index in [0.717, 1.165) is 5.56 Å². The van der Waals surface area contributed by atoms with Crippen molar-refractivity contribution in [3.05, 3.63) is 54.6 Å². The number of aromatic nitrogens is 3. The number of nitrogens with zero attached hydrogens (tertiary/aromatic N) is 4. The lowest BCUT2D eigenvalue weighted by molar-refractivity contribution is -0.121. The van der Waals surface area contributed by atoms with Crippen LogP contribution in [0.25, 0.3) is 6.08 Å². The number of hydrogen-bond acceptors (Lipinski definition) is 4. The van der Waals surface area contributed by atoms with E-state index < -0.39 is 0 Å². The second-order valence-corrected chi connectivity index (χ2v) is 4.13. The lowest BCUT2D eigenvalue weighted by atomic mass is 10.2. The Kier molecular flexibility index (Phi) is 4.77. The average Bonchev–Trinajstić information content (AvgIpc) is 2.97. The molecule has 1 aromatic carbocycles. The van der Waals surface area contributed by atoms with Gasteiger partial charge in [-0.3, -0.25) is 4.79 Å². The molecule has 0 fully saturated rings. The highest BCUT2D eigenvalue weighted by molar-refractivity contribution is 5.96. The maximum Gasteiger partial charge on any atom is 0.261 e. The molecule has 0 aliphatic carbocycles. The Morgan fingerprint density at radius 3 is 2.90 bits per heavy atom. The molecule has 0 unspecified atom stereocenters. The minimum absolute atomic E-state index is 0.0964. The van der Waals surface area contributed by atoms with Gasteiger partial charge in [-0.25, -0.2) is 15.1 Å². The van der Waals surface area contributed by atoms with Crippen molar-refractivity contribution >= 4 is 17.7 Å². The highest BCUT2D eigenvalue weighted by Gasteiger charge is 2.01. The Balaban J connectivity index is 1.84. The Hall–Kier alpha value is -2.76. The van der Waals surface area contributed by atoms with E-state index in [2.05, 4.69) is 20.6 Å². The third-order valence-corrected chi connectivity index (χ3v) is 2.45. The fourth-order valence-corrected chi connectivity index (χ4v) is 1.47. The molecule has 2 rings (SSSR count). The van der Waals surface area contributed by atoms with Gasteiger partial charge in [0.2, 0.25) is 0 Å². The predicted octanol–water partition coefficient (Wildman–Crippen LogP) is 1.48. The van der Waals surface area contributed by atoms with Gasteiger partial charge in [-0.05, 0) is 18.6 Å². The molecule has 0 saturated heterocycles. The molecule has 2 aromatic rings.